The predicted octanol–water partition coefficient (Wildman–Crippen LogP) is 4.44. The van der Waals surface area contributed by atoms with Crippen LogP contribution >= 0.6 is 11.3 Å². The summed E-state index contributed by atoms with van der Waals surface area (Å²) in [5.74, 6) is 0.479. The van der Waals surface area contributed by atoms with Crippen molar-refractivity contribution in [3.63, 3.8) is 0 Å². The quantitative estimate of drug-likeness (QED) is 0.266. The van der Waals surface area contributed by atoms with Gasteiger partial charge < -0.3 is 18.8 Å². The summed E-state index contributed by atoms with van der Waals surface area (Å²) in [6.07, 6.45) is 3.90. The standard InChI is InChI=1S/C33H29N3O5S/c1-5-41-32(38)28-29(20-11-7-6-8-12-20)34-33-36(30(28)21-15-16-25(39-3)26(17-21)40-4)31(37)27(42-33)18-22-19-35(2)24-14-10-9-13-23(22)24/h6-19,30H,5H2,1-4H3/b27-18-/t30-/m1/s1. The number of hydrogen-bond acceptors (Lipinski definition) is 7. The third-order valence-corrected chi connectivity index (χ3v) is 8.29. The number of carbonyl (C=O) groups excluding carboxylic acids is 1. The second kappa shape index (κ2) is 11.2. The lowest BCUT2D eigenvalue weighted by Gasteiger charge is -2.26. The van der Waals surface area contributed by atoms with E-state index in [1.54, 1.807) is 37.8 Å². The molecule has 9 heteroatoms. The third-order valence-electron chi connectivity index (χ3n) is 7.31. The number of hydrogen-bond donors (Lipinski definition) is 0. The Morgan fingerprint density at radius 2 is 1.74 bits per heavy atom. The molecule has 0 N–H and O–H groups in total. The van der Waals surface area contributed by atoms with Gasteiger partial charge in [-0.25, -0.2) is 9.79 Å². The highest BCUT2D eigenvalue weighted by atomic mass is 32.1. The molecule has 3 heterocycles. The summed E-state index contributed by atoms with van der Waals surface area (Å²) in [7, 11) is 5.09. The summed E-state index contributed by atoms with van der Waals surface area (Å²) in [4.78, 5) is 33.3. The summed E-state index contributed by atoms with van der Waals surface area (Å²) < 4.78 is 20.7. The maximum Gasteiger partial charge on any atom is 0.338 e. The highest BCUT2D eigenvalue weighted by Gasteiger charge is 2.35. The average molecular weight is 580 g/mol. The fraction of sp³-hybridized carbons (Fsp3) is 0.182. The van der Waals surface area contributed by atoms with Gasteiger partial charge in [0, 0.05) is 35.3 Å². The van der Waals surface area contributed by atoms with Crippen LogP contribution in [0.25, 0.3) is 22.7 Å². The van der Waals surface area contributed by atoms with Crippen molar-refractivity contribution in [2.45, 2.75) is 13.0 Å². The van der Waals surface area contributed by atoms with Gasteiger partial charge in [-0.05, 0) is 36.8 Å². The Morgan fingerprint density at radius 1 is 1.00 bits per heavy atom. The van der Waals surface area contributed by atoms with Crippen molar-refractivity contribution >= 4 is 40.0 Å². The van der Waals surface area contributed by atoms with Crippen LogP contribution in [0.4, 0.5) is 0 Å². The van der Waals surface area contributed by atoms with E-state index < -0.39 is 12.0 Å². The summed E-state index contributed by atoms with van der Waals surface area (Å²) in [6, 6.07) is 22.1. The molecule has 3 aromatic carbocycles. The first-order valence-electron chi connectivity index (χ1n) is 13.5. The Kier molecular flexibility index (Phi) is 7.26. The molecule has 0 spiro atoms. The minimum atomic E-state index is -0.815. The fourth-order valence-electron chi connectivity index (χ4n) is 5.41. The molecule has 6 rings (SSSR count). The Morgan fingerprint density at radius 3 is 2.48 bits per heavy atom. The monoisotopic (exact) mass is 579 g/mol. The number of esters is 1. The van der Waals surface area contributed by atoms with Gasteiger partial charge in [0.1, 0.15) is 0 Å². The predicted molar refractivity (Wildman–Crippen MR) is 164 cm³/mol. The number of nitrogens with zero attached hydrogens (tertiary/aromatic N) is 3. The van der Waals surface area contributed by atoms with Gasteiger partial charge in [-0.1, -0.05) is 65.9 Å². The zero-order chi connectivity index (χ0) is 29.4. The Balaban J connectivity index is 1.67. The van der Waals surface area contributed by atoms with Crippen molar-refractivity contribution in [3.8, 4) is 11.5 Å². The number of aromatic nitrogens is 2. The van der Waals surface area contributed by atoms with Crippen LogP contribution in [0.15, 0.2) is 94.4 Å². The molecule has 1 aliphatic heterocycles. The number of para-hydroxylation sites is 1. The molecular weight excluding hydrogens is 550 g/mol. The summed E-state index contributed by atoms with van der Waals surface area (Å²) in [5.41, 5.74) is 3.89. The van der Waals surface area contributed by atoms with E-state index in [2.05, 4.69) is 0 Å². The lowest BCUT2D eigenvalue weighted by atomic mass is 9.93. The Labute approximate surface area is 246 Å². The van der Waals surface area contributed by atoms with E-state index in [1.165, 1.54) is 11.3 Å². The molecule has 0 aliphatic carbocycles. The van der Waals surface area contributed by atoms with E-state index in [0.717, 1.165) is 22.0 Å². The first-order chi connectivity index (χ1) is 20.4. The lowest BCUT2D eigenvalue weighted by Crippen LogP contribution is -2.40. The van der Waals surface area contributed by atoms with Gasteiger partial charge in [0.15, 0.2) is 16.3 Å². The molecule has 0 radical (unpaired) electrons. The summed E-state index contributed by atoms with van der Waals surface area (Å²) in [6.45, 7) is 1.93. The molecule has 0 unspecified atom stereocenters. The number of fused-ring (bicyclic) bond motifs is 2. The minimum Gasteiger partial charge on any atom is -0.493 e. The zero-order valence-corrected chi connectivity index (χ0v) is 24.5. The van der Waals surface area contributed by atoms with Crippen LogP contribution < -0.4 is 24.4 Å². The molecule has 0 saturated heterocycles. The number of methoxy groups -OCH3 is 2. The van der Waals surface area contributed by atoms with E-state index in [0.29, 0.717) is 32.1 Å². The molecule has 0 fully saturated rings. The topological polar surface area (TPSA) is 84.1 Å². The van der Waals surface area contributed by atoms with Crippen LogP contribution in [-0.2, 0) is 16.6 Å². The van der Waals surface area contributed by atoms with E-state index in [1.807, 2.05) is 84.6 Å². The first kappa shape index (κ1) is 27.3. The first-order valence-corrected chi connectivity index (χ1v) is 14.3. The summed E-state index contributed by atoms with van der Waals surface area (Å²) in [5, 5.41) is 1.04. The van der Waals surface area contributed by atoms with Gasteiger partial charge in [-0.15, -0.1) is 0 Å². The van der Waals surface area contributed by atoms with E-state index in [4.69, 9.17) is 19.2 Å². The Hall–Kier alpha value is -4.89. The largest absolute Gasteiger partial charge is 0.493 e. The van der Waals surface area contributed by atoms with E-state index >= 15 is 0 Å². The van der Waals surface area contributed by atoms with Crippen LogP contribution in [0.3, 0.4) is 0 Å². The molecule has 1 atom stereocenters. The molecule has 0 saturated carbocycles. The minimum absolute atomic E-state index is 0.175. The van der Waals surface area contributed by atoms with Crippen LogP contribution in [0.2, 0.25) is 0 Å². The van der Waals surface area contributed by atoms with Crippen molar-refractivity contribution in [2.75, 3.05) is 20.8 Å². The number of ether oxygens (including phenoxy) is 3. The van der Waals surface area contributed by atoms with Crippen LogP contribution in [0.5, 0.6) is 11.5 Å². The number of rotatable bonds is 7. The molecule has 1 aliphatic rings. The smallest absolute Gasteiger partial charge is 0.338 e. The molecule has 2 aromatic heterocycles. The molecule has 8 nitrogen and oxygen atoms in total. The highest BCUT2D eigenvalue weighted by Crippen LogP contribution is 2.38. The van der Waals surface area contributed by atoms with E-state index in [9.17, 15) is 9.59 Å². The number of thiazole rings is 1. The molecule has 5 aromatic rings. The van der Waals surface area contributed by atoms with E-state index in [-0.39, 0.29) is 17.7 Å². The molecular formula is C33H29N3O5S. The number of benzene rings is 3. The second-order valence-corrected chi connectivity index (χ2v) is 10.8. The molecule has 0 bridgehead atoms. The Bertz CT molecular complexity index is 2040. The number of carbonyl (C=O) groups is 1. The molecule has 212 valence electrons. The molecule has 0 amide bonds. The van der Waals surface area contributed by atoms with Gasteiger partial charge in [0.25, 0.3) is 5.56 Å². The van der Waals surface area contributed by atoms with Crippen molar-refractivity contribution in [2.24, 2.45) is 12.0 Å². The van der Waals surface area contributed by atoms with Gasteiger partial charge in [0.05, 0.1) is 42.7 Å². The van der Waals surface area contributed by atoms with Crippen molar-refractivity contribution in [1.29, 1.82) is 0 Å². The third kappa shape index (κ3) is 4.61. The van der Waals surface area contributed by atoms with Gasteiger partial charge >= 0.3 is 5.97 Å². The molecule has 42 heavy (non-hydrogen) atoms. The second-order valence-electron chi connectivity index (χ2n) is 9.76. The van der Waals surface area contributed by atoms with Gasteiger partial charge in [0.2, 0.25) is 0 Å². The normalized spacial score (nSPS) is 15.0. The maximum atomic E-state index is 14.2. The SMILES string of the molecule is CCOC(=O)C1=C(c2ccccc2)N=c2s/c(=C\c3cn(C)c4ccccc34)c(=O)n2[C@@H]1c1ccc(OC)c(OC)c1. The van der Waals surface area contributed by atoms with Gasteiger partial charge in [-0.3, -0.25) is 9.36 Å². The maximum absolute atomic E-state index is 14.2. The zero-order valence-electron chi connectivity index (χ0n) is 23.7. The average Bonchev–Trinajstić information content (AvgIpc) is 3.51. The lowest BCUT2D eigenvalue weighted by molar-refractivity contribution is -0.138. The highest BCUT2D eigenvalue weighted by molar-refractivity contribution is 7.07. The van der Waals surface area contributed by atoms with Gasteiger partial charge in [-0.2, -0.15) is 0 Å². The van der Waals surface area contributed by atoms with Crippen molar-refractivity contribution < 1.29 is 19.0 Å². The van der Waals surface area contributed by atoms with Crippen molar-refractivity contribution in [1.82, 2.24) is 9.13 Å². The summed E-state index contributed by atoms with van der Waals surface area (Å²) >= 11 is 1.29. The fourth-order valence-corrected chi connectivity index (χ4v) is 6.40. The van der Waals surface area contributed by atoms with Crippen molar-refractivity contribution in [3.05, 3.63) is 121 Å². The van der Waals surface area contributed by atoms with Crippen LogP contribution in [-0.4, -0.2) is 35.9 Å². The number of aryl methyl sites for hydroxylation is 1. The van der Waals surface area contributed by atoms with Crippen LogP contribution in [0.1, 0.15) is 29.7 Å². The van der Waals surface area contributed by atoms with Crippen LogP contribution in [0, 0.1) is 0 Å².